The summed E-state index contributed by atoms with van der Waals surface area (Å²) < 4.78 is 42.7. The van der Waals surface area contributed by atoms with Crippen molar-refractivity contribution in [1.82, 2.24) is 15.0 Å². The molecule has 0 spiro atoms. The Morgan fingerprint density at radius 1 is 0.776 bits per heavy atom. The van der Waals surface area contributed by atoms with E-state index in [2.05, 4.69) is 21.9 Å². The standard InChI is InChI=1S/C47H47N3O6S2/c1-32-14-24-41(25-15-32)58(53,54)50-42(28-34-9-4-3-5-10-34)46(52)49-29-36-11-8-12-40(27-36)37-20-22-39(23-21-37)47-55-43(31-57-44-13-6-7-26-48-44)33(2)45(56-47)38-18-16-35(30-51)17-19-38/h3-27,33,42-43,45,47,50-51H,28-31H2,1-2H3,(H,49,52)/t33-,42-,43+,45+,47+/m1/s1. The first-order valence-electron chi connectivity index (χ1n) is 19.3. The molecule has 1 aliphatic heterocycles. The largest absolute Gasteiger partial charge is 0.392 e. The minimum atomic E-state index is -3.96. The van der Waals surface area contributed by atoms with Gasteiger partial charge in [0.15, 0.2) is 6.29 Å². The molecule has 7 rings (SSSR count). The van der Waals surface area contributed by atoms with E-state index in [-0.39, 0.29) is 42.6 Å². The molecule has 0 saturated carbocycles. The van der Waals surface area contributed by atoms with Gasteiger partial charge in [-0.2, -0.15) is 4.72 Å². The maximum Gasteiger partial charge on any atom is 0.241 e. The molecule has 0 aliphatic carbocycles. The molecule has 0 radical (unpaired) electrons. The molecular formula is C47H47N3O6S2. The number of aromatic nitrogens is 1. The smallest absolute Gasteiger partial charge is 0.241 e. The summed E-state index contributed by atoms with van der Waals surface area (Å²) in [5.74, 6) is 0.337. The number of hydrogen-bond acceptors (Lipinski definition) is 8. The lowest BCUT2D eigenvalue weighted by atomic mass is 9.91. The number of carbonyl (C=O) groups is 1. The number of carbonyl (C=O) groups excluding carboxylic acids is 1. The van der Waals surface area contributed by atoms with Gasteiger partial charge in [-0.3, -0.25) is 4.79 Å². The van der Waals surface area contributed by atoms with E-state index >= 15 is 0 Å². The highest BCUT2D eigenvalue weighted by Crippen LogP contribution is 2.43. The minimum Gasteiger partial charge on any atom is -0.392 e. The van der Waals surface area contributed by atoms with Crippen LogP contribution in [0.4, 0.5) is 0 Å². The SMILES string of the molecule is Cc1ccc(S(=O)(=O)N[C@H](Cc2ccccc2)C(=O)NCc2cccc(-c3ccc([C@H]4O[C@@H](CSc5ccccn5)[C@@H](C)[C@@H](c5ccc(CO)cc5)O4)cc3)c2)cc1. The molecule has 1 amide bonds. The number of benzene rings is 5. The van der Waals surface area contributed by atoms with Crippen molar-refractivity contribution < 1.29 is 27.8 Å². The lowest BCUT2D eigenvalue weighted by Crippen LogP contribution is -2.47. The third kappa shape index (κ3) is 10.5. The molecule has 6 aromatic rings. The van der Waals surface area contributed by atoms with Crippen LogP contribution >= 0.6 is 11.8 Å². The van der Waals surface area contributed by atoms with Crippen molar-refractivity contribution in [2.24, 2.45) is 5.92 Å². The summed E-state index contributed by atoms with van der Waals surface area (Å²) in [7, 11) is -3.96. The van der Waals surface area contributed by atoms with Crippen LogP contribution in [-0.2, 0) is 43.9 Å². The molecule has 1 fully saturated rings. The number of thioether (sulfide) groups is 1. The van der Waals surface area contributed by atoms with Gasteiger partial charge in [0.1, 0.15) is 6.04 Å². The summed E-state index contributed by atoms with van der Waals surface area (Å²) in [4.78, 5) is 18.2. The summed E-state index contributed by atoms with van der Waals surface area (Å²) in [6, 6.07) is 44.7. The highest BCUT2D eigenvalue weighted by molar-refractivity contribution is 7.99. The van der Waals surface area contributed by atoms with Gasteiger partial charge in [0, 0.05) is 30.0 Å². The van der Waals surface area contributed by atoms with Crippen LogP contribution in [-0.4, -0.2) is 42.3 Å². The van der Waals surface area contributed by atoms with Crippen molar-refractivity contribution in [3.63, 3.8) is 0 Å². The van der Waals surface area contributed by atoms with Gasteiger partial charge in [0.2, 0.25) is 15.9 Å². The number of aliphatic hydroxyl groups is 1. The number of amides is 1. The van der Waals surface area contributed by atoms with Crippen LogP contribution in [0.25, 0.3) is 11.1 Å². The molecule has 1 saturated heterocycles. The fourth-order valence-electron chi connectivity index (χ4n) is 6.93. The number of sulfonamides is 1. The topological polar surface area (TPSA) is 127 Å². The summed E-state index contributed by atoms with van der Waals surface area (Å²) in [5.41, 5.74) is 7.35. The first-order valence-corrected chi connectivity index (χ1v) is 21.8. The van der Waals surface area contributed by atoms with Gasteiger partial charge < -0.3 is 19.9 Å². The molecular weight excluding hydrogens is 767 g/mol. The van der Waals surface area contributed by atoms with Crippen molar-refractivity contribution >= 4 is 27.7 Å². The minimum absolute atomic E-state index is 0.0194. The third-order valence-electron chi connectivity index (χ3n) is 10.3. The van der Waals surface area contributed by atoms with Gasteiger partial charge in [-0.05, 0) is 77.1 Å². The number of aryl methyl sites for hydroxylation is 1. The van der Waals surface area contributed by atoms with E-state index in [9.17, 15) is 18.3 Å². The highest BCUT2D eigenvalue weighted by Gasteiger charge is 2.38. The van der Waals surface area contributed by atoms with Crippen molar-refractivity contribution in [3.05, 3.63) is 185 Å². The van der Waals surface area contributed by atoms with Gasteiger partial charge in [-0.1, -0.05) is 128 Å². The van der Waals surface area contributed by atoms with Crippen LogP contribution in [0.3, 0.4) is 0 Å². The van der Waals surface area contributed by atoms with E-state index in [1.165, 1.54) is 0 Å². The Labute approximate surface area is 344 Å². The van der Waals surface area contributed by atoms with Crippen molar-refractivity contribution in [2.75, 3.05) is 5.75 Å². The maximum absolute atomic E-state index is 13.6. The van der Waals surface area contributed by atoms with E-state index in [1.54, 1.807) is 42.2 Å². The zero-order valence-electron chi connectivity index (χ0n) is 32.4. The highest BCUT2D eigenvalue weighted by atomic mass is 32.2. The first-order chi connectivity index (χ1) is 28.1. The predicted octanol–water partition coefficient (Wildman–Crippen LogP) is 8.34. The lowest BCUT2D eigenvalue weighted by Gasteiger charge is -2.41. The molecule has 2 heterocycles. The summed E-state index contributed by atoms with van der Waals surface area (Å²) in [5, 5.41) is 13.5. The van der Waals surface area contributed by atoms with Gasteiger partial charge in [-0.25, -0.2) is 13.4 Å². The number of rotatable bonds is 15. The molecule has 298 valence electrons. The Kier molecular flexibility index (Phi) is 13.5. The third-order valence-corrected chi connectivity index (χ3v) is 12.8. The summed E-state index contributed by atoms with van der Waals surface area (Å²) in [6.45, 7) is 4.23. The van der Waals surface area contributed by atoms with Crippen LogP contribution < -0.4 is 10.0 Å². The summed E-state index contributed by atoms with van der Waals surface area (Å²) in [6.07, 6.45) is 1.04. The molecule has 1 aromatic heterocycles. The van der Waals surface area contributed by atoms with Crippen LogP contribution in [0.5, 0.6) is 0 Å². The van der Waals surface area contributed by atoms with E-state index in [0.717, 1.165) is 49.5 Å². The molecule has 11 heteroatoms. The van der Waals surface area contributed by atoms with Crippen LogP contribution in [0, 0.1) is 12.8 Å². The second-order valence-electron chi connectivity index (χ2n) is 14.5. The molecule has 58 heavy (non-hydrogen) atoms. The van der Waals surface area contributed by atoms with Crippen molar-refractivity contribution in [3.8, 4) is 11.1 Å². The van der Waals surface area contributed by atoms with E-state index in [0.29, 0.717) is 5.75 Å². The molecule has 3 N–H and O–H groups in total. The number of nitrogens with one attached hydrogen (secondary N) is 2. The average molecular weight is 814 g/mol. The normalized spacial score (nSPS) is 18.7. The van der Waals surface area contributed by atoms with E-state index < -0.39 is 28.3 Å². The molecule has 0 unspecified atom stereocenters. The molecule has 5 atom stereocenters. The Morgan fingerprint density at radius 3 is 2.19 bits per heavy atom. The van der Waals surface area contributed by atoms with Crippen LogP contribution in [0.2, 0.25) is 0 Å². The van der Waals surface area contributed by atoms with Crippen LogP contribution in [0.1, 0.15) is 52.7 Å². The fraction of sp³-hybridized carbons (Fsp3) is 0.234. The quantitative estimate of drug-likeness (QED) is 0.0884. The van der Waals surface area contributed by atoms with Crippen LogP contribution in [0.15, 0.2) is 162 Å². The Hall–Kier alpha value is -5.14. The van der Waals surface area contributed by atoms with Gasteiger partial charge in [0.25, 0.3) is 0 Å². The molecule has 9 nitrogen and oxygen atoms in total. The molecule has 0 bridgehead atoms. The maximum atomic E-state index is 13.6. The van der Waals surface area contributed by atoms with Gasteiger partial charge in [-0.15, -0.1) is 11.8 Å². The molecule has 5 aromatic carbocycles. The monoisotopic (exact) mass is 813 g/mol. The predicted molar refractivity (Wildman–Crippen MR) is 227 cm³/mol. The molecule has 1 aliphatic rings. The Balaban J connectivity index is 1.04. The number of nitrogens with zero attached hydrogens (tertiary/aromatic N) is 1. The van der Waals surface area contributed by atoms with E-state index in [4.69, 9.17) is 9.47 Å². The average Bonchev–Trinajstić information content (AvgIpc) is 3.26. The summed E-state index contributed by atoms with van der Waals surface area (Å²) >= 11 is 1.66. The van der Waals surface area contributed by atoms with Crippen molar-refractivity contribution in [2.45, 2.75) is 67.9 Å². The fourth-order valence-corrected chi connectivity index (χ4v) is 9.15. The Bertz CT molecular complexity index is 2360. The zero-order valence-corrected chi connectivity index (χ0v) is 34.0. The van der Waals surface area contributed by atoms with Gasteiger partial charge >= 0.3 is 0 Å². The number of hydrogen-bond donors (Lipinski definition) is 3. The number of ether oxygens (including phenoxy) is 2. The Morgan fingerprint density at radius 2 is 1.48 bits per heavy atom. The van der Waals surface area contributed by atoms with E-state index in [1.807, 2.05) is 128 Å². The van der Waals surface area contributed by atoms with Crippen molar-refractivity contribution in [1.29, 1.82) is 0 Å². The number of pyridine rings is 1. The lowest BCUT2D eigenvalue weighted by molar-refractivity contribution is -0.268. The first kappa shape index (κ1) is 41.0. The second-order valence-corrected chi connectivity index (χ2v) is 17.3. The number of aliphatic hydroxyl groups excluding tert-OH is 1. The second kappa shape index (κ2) is 19.1. The zero-order chi connectivity index (χ0) is 40.5. The van der Waals surface area contributed by atoms with Gasteiger partial charge in [0.05, 0.1) is 28.7 Å².